The standard InChI is InChI=1S/C37H47N3O10S2.CH4.2O3S/c1-7-13-29(41)26-22-24(34(42)38-8-2)23-28-33(26)37(5,6)31(40(28)19-12-21-52(48,49)50)17-10-16-30-36(3,4)32-25(35(43)44)14-9-15-27(32)39(30)18-11-20-51(45,46)47;;2*1-4(2)3/h9-10,14-17,22-23H,7-8,11-13,18-21H2,1-6H3,(H3-,38,42,43,44,45,46,47,48,49,50);1H4;;. The van der Waals surface area contributed by atoms with Crippen molar-refractivity contribution >= 4 is 76.2 Å². The maximum atomic E-state index is 13.6. The summed E-state index contributed by atoms with van der Waals surface area (Å²) in [5.41, 5.74) is 2.76. The molecule has 0 saturated heterocycles. The van der Waals surface area contributed by atoms with E-state index in [1.54, 1.807) is 43.3 Å². The van der Waals surface area contributed by atoms with Gasteiger partial charge in [-0.25, -0.2) is 13.2 Å². The van der Waals surface area contributed by atoms with E-state index in [1.807, 2.05) is 50.2 Å². The van der Waals surface area contributed by atoms with Gasteiger partial charge in [-0.2, -0.15) is 13.0 Å². The number of Topliss-reactive ketones (excluding diaryl/α,β-unsaturated/α-hetero) is 1. The Morgan fingerprint density at radius 3 is 1.98 bits per heavy atom. The molecule has 1 amide bonds. The molecule has 2 aromatic rings. The molecule has 4 rings (SSSR count). The van der Waals surface area contributed by atoms with Crippen molar-refractivity contribution in [2.24, 2.45) is 0 Å². The number of benzene rings is 2. The quantitative estimate of drug-likeness (QED) is 0.123. The zero-order valence-electron chi connectivity index (χ0n) is 33.6. The topological polar surface area (TPSA) is 304 Å². The molecule has 0 bridgehead atoms. The van der Waals surface area contributed by atoms with Crippen LogP contribution in [0.4, 0.5) is 11.4 Å². The molecule has 0 unspecified atom stereocenters. The van der Waals surface area contributed by atoms with E-state index in [9.17, 15) is 45.4 Å². The summed E-state index contributed by atoms with van der Waals surface area (Å²) in [5, 5.41) is 12.8. The summed E-state index contributed by atoms with van der Waals surface area (Å²) in [6.45, 7) is 11.9. The van der Waals surface area contributed by atoms with Gasteiger partial charge in [0.1, 0.15) is 6.54 Å². The summed E-state index contributed by atoms with van der Waals surface area (Å²) in [4.78, 5) is 40.8. The highest BCUT2D eigenvalue weighted by molar-refractivity contribution is 7.85. The van der Waals surface area contributed by atoms with E-state index in [2.05, 4.69) is 5.32 Å². The number of fused-ring (bicyclic) bond motifs is 2. The zero-order valence-corrected chi connectivity index (χ0v) is 36.9. The lowest BCUT2D eigenvalue weighted by molar-refractivity contribution is -0.437. The van der Waals surface area contributed by atoms with Crippen LogP contribution in [0.2, 0.25) is 0 Å². The Morgan fingerprint density at radius 2 is 1.48 bits per heavy atom. The average Bonchev–Trinajstić information content (AvgIpc) is 3.45. The lowest BCUT2D eigenvalue weighted by Gasteiger charge is -2.27. The molecule has 0 radical (unpaired) electrons. The minimum absolute atomic E-state index is 0. The Kier molecular flexibility index (Phi) is 19.7. The van der Waals surface area contributed by atoms with Crippen LogP contribution in [-0.2, 0) is 52.3 Å². The third-order valence-electron chi connectivity index (χ3n) is 9.53. The highest BCUT2D eigenvalue weighted by atomic mass is 32.2. The van der Waals surface area contributed by atoms with E-state index in [-0.39, 0.29) is 62.6 Å². The average molecular weight is 934 g/mol. The van der Waals surface area contributed by atoms with Crippen LogP contribution >= 0.6 is 0 Å². The van der Waals surface area contributed by atoms with Gasteiger partial charge < -0.3 is 19.9 Å². The van der Waals surface area contributed by atoms with Crippen molar-refractivity contribution in [2.45, 2.75) is 85.5 Å². The lowest BCUT2D eigenvalue weighted by Crippen LogP contribution is -2.30. The van der Waals surface area contributed by atoms with Crippen LogP contribution < -0.4 is 10.2 Å². The van der Waals surface area contributed by atoms with Crippen LogP contribution in [0.15, 0.2) is 54.3 Å². The fourth-order valence-electron chi connectivity index (χ4n) is 7.38. The molecule has 2 aliphatic heterocycles. The molecule has 2 heterocycles. The second kappa shape index (κ2) is 22.2. The van der Waals surface area contributed by atoms with Gasteiger partial charge in [-0.1, -0.05) is 40.3 Å². The van der Waals surface area contributed by atoms with Crippen molar-refractivity contribution < 1.29 is 75.3 Å². The molecule has 0 saturated carbocycles. The highest BCUT2D eigenvalue weighted by Gasteiger charge is 2.47. The molecule has 3 N–H and O–H groups in total. The Bertz CT molecular complexity index is 2520. The first-order valence-electron chi connectivity index (χ1n) is 18.2. The number of carbonyl (C=O) groups excluding carboxylic acids is 2. The molecule has 0 fully saturated rings. The first-order valence-corrected chi connectivity index (χ1v) is 23.4. The first-order chi connectivity index (χ1) is 27.6. The highest BCUT2D eigenvalue weighted by Crippen LogP contribution is 2.50. The van der Waals surface area contributed by atoms with E-state index < -0.39 is 69.8 Å². The van der Waals surface area contributed by atoms with Gasteiger partial charge in [-0.15, -0.1) is 25.3 Å². The van der Waals surface area contributed by atoms with Crippen molar-refractivity contribution in [3.63, 3.8) is 0 Å². The van der Waals surface area contributed by atoms with Crippen molar-refractivity contribution in [2.75, 3.05) is 36.0 Å². The summed E-state index contributed by atoms with van der Waals surface area (Å²) >= 11 is 0. The largest absolute Gasteiger partial charge is 0.748 e. The van der Waals surface area contributed by atoms with Gasteiger partial charge in [-0.3, -0.25) is 14.1 Å². The number of hydrogen-bond acceptors (Lipinski definition) is 15. The van der Waals surface area contributed by atoms with Crippen LogP contribution in [0.3, 0.4) is 0 Å². The number of anilines is 1. The van der Waals surface area contributed by atoms with Crippen LogP contribution in [0.5, 0.6) is 0 Å². The molecule has 2 aliphatic rings. The van der Waals surface area contributed by atoms with Gasteiger partial charge >= 0.3 is 27.2 Å². The molecule has 0 atom stereocenters. The number of aromatic carboxylic acids is 1. The molecule has 23 heteroatoms. The predicted molar refractivity (Wildman–Crippen MR) is 224 cm³/mol. The van der Waals surface area contributed by atoms with Crippen molar-refractivity contribution in [3.05, 3.63) is 82.1 Å². The molecule has 2 aromatic carbocycles. The minimum atomic E-state index is -4.53. The fourth-order valence-corrected chi connectivity index (χ4v) is 8.35. The van der Waals surface area contributed by atoms with Gasteiger partial charge in [0.15, 0.2) is 11.5 Å². The Morgan fingerprint density at radius 1 is 0.885 bits per heavy atom. The Hall–Kier alpha value is -4.94. The monoisotopic (exact) mass is 933 g/mol. The maximum Gasteiger partial charge on any atom is 0.425 e. The zero-order chi connectivity index (χ0) is 46.0. The summed E-state index contributed by atoms with van der Waals surface area (Å²) in [7, 11) is -15.0. The fraction of sp³-hybridized carbons (Fsp3) is 0.474. The Labute approximate surface area is 358 Å². The smallest absolute Gasteiger partial charge is 0.425 e. The number of rotatable bonds is 16. The predicted octanol–water partition coefficient (Wildman–Crippen LogP) is 3.57. The van der Waals surface area contributed by atoms with Gasteiger partial charge in [0.25, 0.3) is 16.0 Å². The molecule has 61 heavy (non-hydrogen) atoms. The van der Waals surface area contributed by atoms with Crippen LogP contribution in [0, 0.1) is 0 Å². The van der Waals surface area contributed by atoms with Crippen molar-refractivity contribution in [1.29, 1.82) is 0 Å². The maximum absolute atomic E-state index is 13.6. The van der Waals surface area contributed by atoms with Crippen molar-refractivity contribution in [3.8, 4) is 0 Å². The number of carboxylic acids is 1. The minimum Gasteiger partial charge on any atom is -0.748 e. The van der Waals surface area contributed by atoms with Crippen LogP contribution in [0.25, 0.3) is 0 Å². The van der Waals surface area contributed by atoms with E-state index in [0.29, 0.717) is 52.4 Å². The number of hydrogen-bond donors (Lipinski definition) is 3. The third-order valence-corrected chi connectivity index (χ3v) is 11.1. The summed E-state index contributed by atoms with van der Waals surface area (Å²) in [6, 6.07) is 8.17. The van der Waals surface area contributed by atoms with Gasteiger partial charge in [-0.05, 0) is 63.5 Å². The molecular formula is C38H51N3O16S4. The third kappa shape index (κ3) is 14.6. The van der Waals surface area contributed by atoms with E-state index in [1.165, 1.54) is 6.07 Å². The lowest BCUT2D eigenvalue weighted by atomic mass is 9.78. The molecule has 0 spiro atoms. The summed E-state index contributed by atoms with van der Waals surface area (Å²) in [5.74, 6) is -2.74. The Balaban J connectivity index is 0.00000190. The molecule has 19 nitrogen and oxygen atoms in total. The van der Waals surface area contributed by atoms with Gasteiger partial charge in [0, 0.05) is 71.8 Å². The molecular weight excluding hydrogens is 883 g/mol. The second-order valence-corrected chi connectivity index (χ2v) is 18.4. The molecule has 0 aliphatic carbocycles. The number of allylic oxidation sites excluding steroid dienone is 4. The molecule has 0 aromatic heterocycles. The number of carbonyl (C=O) groups is 3. The number of nitrogens with zero attached hydrogens (tertiary/aromatic N) is 2. The van der Waals surface area contributed by atoms with Crippen LogP contribution in [0.1, 0.15) is 117 Å². The second-order valence-electron chi connectivity index (χ2n) is 14.5. The summed E-state index contributed by atoms with van der Waals surface area (Å²) < 4.78 is 120. The van der Waals surface area contributed by atoms with Gasteiger partial charge in [0.2, 0.25) is 5.69 Å². The van der Waals surface area contributed by atoms with E-state index in [0.717, 1.165) is 0 Å². The SMILES string of the molecule is C.CCCC(=O)c1cc(C(=O)NCC)cc2c1C(C)(C)C(=CC=CC1=[N+](CCCS(=O)(=O)O)c3cccc(C(=O)O)c3C1(C)C)N2CCCS(=O)(=O)[O-].O=S(=O)=O.O=S(=O)=O. The van der Waals surface area contributed by atoms with Crippen LogP contribution in [-0.4, -0.2) is 115 Å². The van der Waals surface area contributed by atoms with E-state index in [4.69, 9.17) is 25.3 Å². The number of amides is 1. The first kappa shape index (κ1) is 54.1. The number of ketones is 1. The summed E-state index contributed by atoms with van der Waals surface area (Å²) in [6.07, 6.45) is 6.24. The number of carboxylic acid groups (broad SMARTS) is 1. The molecule has 338 valence electrons. The van der Waals surface area contributed by atoms with Gasteiger partial charge in [0.05, 0.1) is 32.4 Å². The van der Waals surface area contributed by atoms with E-state index >= 15 is 0 Å². The normalized spacial score (nSPS) is 15.4. The van der Waals surface area contributed by atoms with Crippen molar-refractivity contribution in [1.82, 2.24) is 5.32 Å². The number of nitrogens with one attached hydrogen (secondary N) is 1.